The molecule has 0 aromatic heterocycles. The molecule has 154 valence electrons. The summed E-state index contributed by atoms with van der Waals surface area (Å²) in [4.78, 5) is 53.4. The Morgan fingerprint density at radius 1 is 1.17 bits per heavy atom. The van der Waals surface area contributed by atoms with Crippen LogP contribution in [-0.2, 0) is 19.1 Å². The largest absolute Gasteiger partial charge is 0.454 e. The van der Waals surface area contributed by atoms with E-state index in [1.54, 1.807) is 12.1 Å². The first kappa shape index (κ1) is 21.0. The highest BCUT2D eigenvalue weighted by molar-refractivity contribution is 8.15. The normalized spacial score (nSPS) is 18.9. The molecule has 0 aliphatic carbocycles. The van der Waals surface area contributed by atoms with E-state index in [1.807, 2.05) is 0 Å². The lowest BCUT2D eigenvalue weighted by Crippen LogP contribution is -2.33. The Labute approximate surface area is 173 Å². The molecule has 1 N–H and O–H groups in total. The van der Waals surface area contributed by atoms with Gasteiger partial charge in [-0.25, -0.2) is 4.79 Å². The number of aliphatic imine (C=N–C) groups is 1. The Morgan fingerprint density at radius 3 is 2.52 bits per heavy atom. The maximum atomic E-state index is 12.3. The number of ketones is 1. The van der Waals surface area contributed by atoms with E-state index in [1.165, 1.54) is 37.2 Å². The molecule has 1 aromatic carbocycles. The van der Waals surface area contributed by atoms with Crippen LogP contribution in [-0.4, -0.2) is 58.6 Å². The molecule has 8 nitrogen and oxygen atoms in total. The van der Waals surface area contributed by atoms with E-state index >= 15 is 0 Å². The predicted molar refractivity (Wildman–Crippen MR) is 110 cm³/mol. The summed E-state index contributed by atoms with van der Waals surface area (Å²) in [6.07, 6.45) is 3.42. The van der Waals surface area contributed by atoms with Gasteiger partial charge in [0.05, 0.1) is 5.56 Å². The van der Waals surface area contributed by atoms with Gasteiger partial charge in [-0.2, -0.15) is 4.99 Å². The van der Waals surface area contributed by atoms with Crippen molar-refractivity contribution in [1.82, 2.24) is 4.90 Å². The summed E-state index contributed by atoms with van der Waals surface area (Å²) in [5, 5.41) is 2.94. The number of carbonyl (C=O) groups excluding carboxylic acids is 4. The molecule has 3 rings (SSSR count). The van der Waals surface area contributed by atoms with E-state index in [0.29, 0.717) is 5.69 Å². The molecule has 0 radical (unpaired) electrons. The number of ether oxygens (including phenoxy) is 1. The van der Waals surface area contributed by atoms with Crippen molar-refractivity contribution < 1.29 is 23.9 Å². The topological polar surface area (TPSA) is 105 Å². The maximum Gasteiger partial charge on any atom is 0.338 e. The van der Waals surface area contributed by atoms with Crippen molar-refractivity contribution in [2.45, 2.75) is 37.9 Å². The van der Waals surface area contributed by atoms with Crippen LogP contribution in [0.25, 0.3) is 0 Å². The van der Waals surface area contributed by atoms with Gasteiger partial charge in [0.2, 0.25) is 5.91 Å². The number of amidine groups is 1. The van der Waals surface area contributed by atoms with Crippen molar-refractivity contribution in [1.29, 1.82) is 0 Å². The minimum Gasteiger partial charge on any atom is -0.454 e. The third kappa shape index (κ3) is 5.90. The Morgan fingerprint density at radius 2 is 1.86 bits per heavy atom. The number of piperidine rings is 1. The second kappa shape index (κ2) is 9.69. The van der Waals surface area contributed by atoms with E-state index in [-0.39, 0.29) is 36.2 Å². The van der Waals surface area contributed by atoms with Gasteiger partial charge in [-0.1, -0.05) is 11.8 Å². The molecule has 2 aliphatic rings. The lowest BCUT2D eigenvalue weighted by molar-refractivity contribution is -0.121. The minimum atomic E-state index is -0.603. The molecule has 1 atom stereocenters. The van der Waals surface area contributed by atoms with Gasteiger partial charge in [-0.15, -0.1) is 0 Å². The standard InChI is InChI=1S/C20H23N3O5S/c1-13(24)12-28-19(27)14-5-7-15(8-6-14)21-17(25)11-16-18(26)22-20(29-16)23-9-3-2-4-10-23/h5-8,16H,2-4,9-12H2,1H3,(H,21,25)/t16-/m1/s1. The summed E-state index contributed by atoms with van der Waals surface area (Å²) in [7, 11) is 0. The van der Waals surface area contributed by atoms with Gasteiger partial charge in [0, 0.05) is 25.2 Å². The van der Waals surface area contributed by atoms with Gasteiger partial charge in [0.25, 0.3) is 5.91 Å². The van der Waals surface area contributed by atoms with Crippen LogP contribution in [0.2, 0.25) is 0 Å². The molecule has 2 amide bonds. The minimum absolute atomic E-state index is 0.0345. The zero-order chi connectivity index (χ0) is 20.8. The summed E-state index contributed by atoms with van der Waals surface area (Å²) in [5.74, 6) is -1.41. The lowest BCUT2D eigenvalue weighted by atomic mass is 10.1. The smallest absolute Gasteiger partial charge is 0.338 e. The van der Waals surface area contributed by atoms with Gasteiger partial charge in [0.1, 0.15) is 11.9 Å². The van der Waals surface area contributed by atoms with Crippen molar-refractivity contribution >= 4 is 46.2 Å². The summed E-state index contributed by atoms with van der Waals surface area (Å²) in [6, 6.07) is 6.15. The second-order valence-corrected chi connectivity index (χ2v) is 8.16. The fraction of sp³-hybridized carbons (Fsp3) is 0.450. The maximum absolute atomic E-state index is 12.3. The number of Topliss-reactive ketones (excluding diaryl/α,β-unsaturated/α-hetero) is 1. The van der Waals surface area contributed by atoms with E-state index < -0.39 is 11.2 Å². The molecule has 1 fully saturated rings. The Kier molecular flexibility index (Phi) is 7.03. The molecular weight excluding hydrogens is 394 g/mol. The van der Waals surface area contributed by atoms with Crippen LogP contribution in [0.5, 0.6) is 0 Å². The quantitative estimate of drug-likeness (QED) is 0.708. The predicted octanol–water partition coefficient (Wildman–Crippen LogP) is 2.24. The molecule has 1 aromatic rings. The first-order valence-electron chi connectivity index (χ1n) is 9.53. The Bertz CT molecular complexity index is 831. The third-order valence-corrected chi connectivity index (χ3v) is 5.75. The van der Waals surface area contributed by atoms with E-state index in [9.17, 15) is 19.2 Å². The van der Waals surface area contributed by atoms with E-state index in [4.69, 9.17) is 4.74 Å². The number of amides is 2. The molecule has 0 saturated carbocycles. The van der Waals surface area contributed by atoms with Gasteiger partial charge in [-0.3, -0.25) is 14.4 Å². The number of esters is 1. The number of carbonyl (C=O) groups is 4. The van der Waals surface area contributed by atoms with Crippen LogP contribution in [0.3, 0.4) is 0 Å². The fourth-order valence-electron chi connectivity index (χ4n) is 3.05. The number of anilines is 1. The molecule has 2 aliphatic heterocycles. The van der Waals surface area contributed by atoms with Crippen LogP contribution in [0.15, 0.2) is 29.3 Å². The summed E-state index contributed by atoms with van der Waals surface area (Å²) >= 11 is 1.36. The molecule has 1 saturated heterocycles. The van der Waals surface area contributed by atoms with Crippen LogP contribution in [0.1, 0.15) is 43.0 Å². The van der Waals surface area contributed by atoms with Crippen molar-refractivity contribution in [2.24, 2.45) is 4.99 Å². The number of likely N-dealkylation sites (tertiary alicyclic amines) is 1. The summed E-state index contributed by atoms with van der Waals surface area (Å²) in [5.41, 5.74) is 0.788. The molecule has 0 spiro atoms. The number of nitrogens with one attached hydrogen (secondary N) is 1. The zero-order valence-corrected chi connectivity index (χ0v) is 17.0. The van der Waals surface area contributed by atoms with Gasteiger partial charge in [0.15, 0.2) is 11.0 Å². The highest BCUT2D eigenvalue weighted by atomic mass is 32.2. The number of hydrogen-bond donors (Lipinski definition) is 1. The number of rotatable bonds is 6. The van der Waals surface area contributed by atoms with Crippen LogP contribution in [0, 0.1) is 0 Å². The third-order valence-electron chi connectivity index (χ3n) is 4.54. The Balaban J connectivity index is 1.49. The Hall–Kier alpha value is -2.68. The molecule has 0 bridgehead atoms. The van der Waals surface area contributed by atoms with E-state index in [2.05, 4.69) is 15.2 Å². The lowest BCUT2D eigenvalue weighted by Gasteiger charge is -2.27. The average molecular weight is 417 g/mol. The van der Waals surface area contributed by atoms with Crippen LogP contribution < -0.4 is 5.32 Å². The van der Waals surface area contributed by atoms with Crippen molar-refractivity contribution in [3.63, 3.8) is 0 Å². The second-order valence-electron chi connectivity index (χ2n) is 6.99. The number of benzene rings is 1. The summed E-state index contributed by atoms with van der Waals surface area (Å²) < 4.78 is 4.84. The average Bonchev–Trinajstić information content (AvgIpc) is 3.07. The monoisotopic (exact) mass is 417 g/mol. The van der Waals surface area contributed by atoms with Gasteiger partial charge < -0.3 is 15.0 Å². The molecule has 0 unspecified atom stereocenters. The van der Waals surface area contributed by atoms with Crippen LogP contribution in [0.4, 0.5) is 5.69 Å². The van der Waals surface area contributed by atoms with Crippen molar-refractivity contribution in [2.75, 3.05) is 25.0 Å². The molecule has 29 heavy (non-hydrogen) atoms. The first-order chi connectivity index (χ1) is 13.9. The van der Waals surface area contributed by atoms with Gasteiger partial charge in [-0.05, 0) is 50.5 Å². The SMILES string of the molecule is CC(=O)COC(=O)c1ccc(NC(=O)C[C@H]2SC(N3CCCCC3)=NC2=O)cc1. The molecular formula is C20H23N3O5S. The highest BCUT2D eigenvalue weighted by Gasteiger charge is 2.33. The van der Waals surface area contributed by atoms with Crippen molar-refractivity contribution in [3.05, 3.63) is 29.8 Å². The first-order valence-corrected chi connectivity index (χ1v) is 10.4. The van der Waals surface area contributed by atoms with Crippen molar-refractivity contribution in [3.8, 4) is 0 Å². The van der Waals surface area contributed by atoms with E-state index in [0.717, 1.165) is 31.1 Å². The highest BCUT2D eigenvalue weighted by Crippen LogP contribution is 2.29. The fourth-order valence-corrected chi connectivity index (χ4v) is 4.17. The molecule has 2 heterocycles. The number of hydrogen-bond acceptors (Lipinski definition) is 7. The zero-order valence-electron chi connectivity index (χ0n) is 16.2. The number of nitrogens with zero attached hydrogens (tertiary/aromatic N) is 2. The van der Waals surface area contributed by atoms with Gasteiger partial charge >= 0.3 is 5.97 Å². The molecule has 9 heteroatoms. The number of thioether (sulfide) groups is 1. The summed E-state index contributed by atoms with van der Waals surface area (Å²) in [6.45, 7) is 2.87. The van der Waals surface area contributed by atoms with Crippen LogP contribution >= 0.6 is 11.8 Å².